The van der Waals surface area contributed by atoms with E-state index in [4.69, 9.17) is 10.9 Å². The molecule has 1 aromatic heterocycles. The van der Waals surface area contributed by atoms with E-state index in [2.05, 4.69) is 15.6 Å². The van der Waals surface area contributed by atoms with Crippen LogP contribution in [0.4, 0.5) is 17.1 Å². The molecule has 28 heavy (non-hydrogen) atoms. The molecule has 144 valence electrons. The first kappa shape index (κ1) is 19.3. The third-order valence-electron chi connectivity index (χ3n) is 4.00. The Morgan fingerprint density at radius 2 is 1.71 bits per heavy atom. The number of benzene rings is 2. The van der Waals surface area contributed by atoms with Gasteiger partial charge < -0.3 is 16.4 Å². The number of primary sulfonamides is 1. The summed E-state index contributed by atoms with van der Waals surface area (Å²) in [4.78, 5) is 16.1. The van der Waals surface area contributed by atoms with Crippen LogP contribution in [-0.2, 0) is 16.6 Å². The van der Waals surface area contributed by atoms with Gasteiger partial charge in [-0.1, -0.05) is 24.3 Å². The van der Waals surface area contributed by atoms with E-state index in [9.17, 15) is 13.2 Å². The largest absolute Gasteiger partial charge is 0.397 e. The molecule has 0 saturated heterocycles. The summed E-state index contributed by atoms with van der Waals surface area (Å²) in [5.41, 5.74) is 8.55. The fourth-order valence-corrected chi connectivity index (χ4v) is 3.18. The lowest BCUT2D eigenvalue weighted by Gasteiger charge is -2.11. The van der Waals surface area contributed by atoms with Crippen LogP contribution < -0.4 is 21.5 Å². The van der Waals surface area contributed by atoms with Gasteiger partial charge in [-0.05, 0) is 35.9 Å². The maximum atomic E-state index is 12.3. The standard InChI is InChI=1S/C19H19N5O3S/c20-15-3-1-2-4-16(15)24-19(25)14-7-5-13(6-8-14)11-23-17-9-10-22-12-18(17)28(21,26)27/h1-10,12H,11,20H2,(H,22,23)(H,24,25)(H2,21,26,27). The zero-order valence-corrected chi connectivity index (χ0v) is 15.6. The highest BCUT2D eigenvalue weighted by atomic mass is 32.2. The summed E-state index contributed by atoms with van der Waals surface area (Å²) in [6.07, 6.45) is 2.67. The second-order valence-electron chi connectivity index (χ2n) is 6.01. The number of aromatic nitrogens is 1. The molecule has 0 aliphatic heterocycles. The van der Waals surface area contributed by atoms with Crippen molar-refractivity contribution in [1.29, 1.82) is 0 Å². The minimum absolute atomic E-state index is 0.0774. The third kappa shape index (κ3) is 4.64. The van der Waals surface area contributed by atoms with Crippen LogP contribution in [0.5, 0.6) is 0 Å². The molecule has 1 heterocycles. The monoisotopic (exact) mass is 397 g/mol. The third-order valence-corrected chi connectivity index (χ3v) is 4.94. The van der Waals surface area contributed by atoms with Gasteiger partial charge in [-0.3, -0.25) is 9.78 Å². The number of para-hydroxylation sites is 2. The van der Waals surface area contributed by atoms with Crippen LogP contribution in [0, 0.1) is 0 Å². The highest BCUT2D eigenvalue weighted by Gasteiger charge is 2.14. The van der Waals surface area contributed by atoms with Crippen molar-refractivity contribution in [1.82, 2.24) is 4.98 Å². The number of nitrogens with zero attached hydrogens (tertiary/aromatic N) is 1. The zero-order valence-electron chi connectivity index (χ0n) is 14.8. The average molecular weight is 397 g/mol. The summed E-state index contributed by atoms with van der Waals surface area (Å²) in [6.45, 7) is 0.347. The normalized spacial score (nSPS) is 11.0. The first-order valence-electron chi connectivity index (χ1n) is 8.30. The van der Waals surface area contributed by atoms with Crippen LogP contribution in [-0.4, -0.2) is 19.3 Å². The number of hydrogen-bond donors (Lipinski definition) is 4. The molecule has 0 aliphatic rings. The number of rotatable bonds is 6. The fraction of sp³-hybridized carbons (Fsp3) is 0.0526. The van der Waals surface area contributed by atoms with E-state index in [-0.39, 0.29) is 10.8 Å². The summed E-state index contributed by atoms with van der Waals surface area (Å²) in [6, 6.07) is 15.4. The Morgan fingerprint density at radius 1 is 1.00 bits per heavy atom. The first-order chi connectivity index (χ1) is 13.3. The van der Waals surface area contributed by atoms with Gasteiger partial charge >= 0.3 is 0 Å². The number of nitrogens with two attached hydrogens (primary N) is 2. The lowest BCUT2D eigenvalue weighted by Crippen LogP contribution is -2.15. The van der Waals surface area contributed by atoms with E-state index < -0.39 is 10.0 Å². The summed E-state index contributed by atoms with van der Waals surface area (Å²) in [7, 11) is -3.88. The molecule has 6 N–H and O–H groups in total. The van der Waals surface area contributed by atoms with Gasteiger partial charge in [0.1, 0.15) is 4.90 Å². The van der Waals surface area contributed by atoms with Crippen molar-refractivity contribution in [2.45, 2.75) is 11.4 Å². The van der Waals surface area contributed by atoms with E-state index in [0.717, 1.165) is 5.56 Å². The van der Waals surface area contributed by atoms with E-state index in [1.54, 1.807) is 48.5 Å². The van der Waals surface area contributed by atoms with Crippen LogP contribution in [0.15, 0.2) is 71.9 Å². The van der Waals surface area contributed by atoms with E-state index >= 15 is 0 Å². The molecule has 0 saturated carbocycles. The molecular weight excluding hydrogens is 378 g/mol. The van der Waals surface area contributed by atoms with E-state index in [1.807, 2.05) is 0 Å². The van der Waals surface area contributed by atoms with Gasteiger partial charge in [0.05, 0.1) is 17.1 Å². The predicted molar refractivity (Wildman–Crippen MR) is 108 cm³/mol. The van der Waals surface area contributed by atoms with Crippen molar-refractivity contribution in [2.75, 3.05) is 16.4 Å². The Morgan fingerprint density at radius 3 is 2.39 bits per heavy atom. The Balaban J connectivity index is 1.67. The average Bonchev–Trinajstić information content (AvgIpc) is 2.68. The molecule has 2 aromatic carbocycles. The molecule has 0 unspecified atom stereocenters. The van der Waals surface area contributed by atoms with Gasteiger partial charge in [0.25, 0.3) is 5.91 Å². The summed E-state index contributed by atoms with van der Waals surface area (Å²) in [5, 5.41) is 11.0. The van der Waals surface area contributed by atoms with Crippen LogP contribution >= 0.6 is 0 Å². The van der Waals surface area contributed by atoms with E-state index in [0.29, 0.717) is 29.2 Å². The smallest absolute Gasteiger partial charge is 0.255 e. The van der Waals surface area contributed by atoms with Crippen LogP contribution in [0.1, 0.15) is 15.9 Å². The number of anilines is 3. The molecule has 0 bridgehead atoms. The van der Waals surface area contributed by atoms with Gasteiger partial charge in [-0.15, -0.1) is 0 Å². The Kier molecular flexibility index (Phi) is 5.57. The maximum absolute atomic E-state index is 12.3. The highest BCUT2D eigenvalue weighted by molar-refractivity contribution is 7.89. The summed E-state index contributed by atoms with van der Waals surface area (Å²) in [5.74, 6) is -0.275. The molecule has 9 heteroatoms. The molecule has 0 spiro atoms. The van der Waals surface area contributed by atoms with Crippen molar-refractivity contribution in [3.63, 3.8) is 0 Å². The summed E-state index contributed by atoms with van der Waals surface area (Å²) < 4.78 is 23.2. The van der Waals surface area contributed by atoms with Crippen molar-refractivity contribution < 1.29 is 13.2 Å². The fourth-order valence-electron chi connectivity index (χ4n) is 2.53. The molecule has 0 radical (unpaired) electrons. The molecule has 1 amide bonds. The molecule has 0 fully saturated rings. The van der Waals surface area contributed by atoms with Gasteiger partial charge in [-0.2, -0.15) is 0 Å². The predicted octanol–water partition coefficient (Wildman–Crippen LogP) is 2.18. The number of sulfonamides is 1. The van der Waals surface area contributed by atoms with Crippen LogP contribution in [0.3, 0.4) is 0 Å². The second-order valence-corrected chi connectivity index (χ2v) is 7.54. The van der Waals surface area contributed by atoms with Crippen molar-refractivity contribution >= 4 is 33.0 Å². The van der Waals surface area contributed by atoms with Crippen LogP contribution in [0.2, 0.25) is 0 Å². The van der Waals surface area contributed by atoms with E-state index in [1.165, 1.54) is 18.5 Å². The van der Waals surface area contributed by atoms with Crippen molar-refractivity contribution in [3.8, 4) is 0 Å². The van der Waals surface area contributed by atoms with Crippen LogP contribution in [0.25, 0.3) is 0 Å². The maximum Gasteiger partial charge on any atom is 0.255 e. The second kappa shape index (κ2) is 8.07. The Labute approximate surface area is 162 Å². The SMILES string of the molecule is Nc1ccccc1NC(=O)c1ccc(CNc2ccncc2S(N)(=O)=O)cc1. The number of carbonyl (C=O) groups is 1. The van der Waals surface area contributed by atoms with Crippen molar-refractivity contribution in [3.05, 3.63) is 78.1 Å². The number of amides is 1. The number of hydrogen-bond acceptors (Lipinski definition) is 6. The number of nitrogens with one attached hydrogen (secondary N) is 2. The minimum atomic E-state index is -3.88. The highest BCUT2D eigenvalue weighted by Crippen LogP contribution is 2.20. The number of nitrogen functional groups attached to an aromatic ring is 1. The number of pyridine rings is 1. The Bertz CT molecular complexity index is 1100. The molecule has 3 rings (SSSR count). The summed E-state index contributed by atoms with van der Waals surface area (Å²) >= 11 is 0. The molecule has 0 atom stereocenters. The molecule has 3 aromatic rings. The molecule has 0 aliphatic carbocycles. The van der Waals surface area contributed by atoms with Crippen molar-refractivity contribution in [2.24, 2.45) is 5.14 Å². The quantitative estimate of drug-likeness (QED) is 0.470. The lowest BCUT2D eigenvalue weighted by molar-refractivity contribution is 0.102. The van der Waals surface area contributed by atoms with Gasteiger partial charge in [0.2, 0.25) is 10.0 Å². The molecule has 8 nitrogen and oxygen atoms in total. The number of carbonyl (C=O) groups excluding carboxylic acids is 1. The first-order valence-corrected chi connectivity index (χ1v) is 9.85. The van der Waals surface area contributed by atoms with Gasteiger partial charge in [0, 0.05) is 24.5 Å². The molecular formula is C19H19N5O3S. The van der Waals surface area contributed by atoms with Gasteiger partial charge in [-0.25, -0.2) is 13.6 Å². The van der Waals surface area contributed by atoms with Gasteiger partial charge in [0.15, 0.2) is 0 Å². The topological polar surface area (TPSA) is 140 Å². The Hall–Kier alpha value is -3.43. The minimum Gasteiger partial charge on any atom is -0.397 e. The zero-order chi connectivity index (χ0) is 20.1. The lowest BCUT2D eigenvalue weighted by atomic mass is 10.1.